The monoisotopic (exact) mass is 342 g/mol. The second-order valence-corrected chi connectivity index (χ2v) is 8.02. The fourth-order valence-corrected chi connectivity index (χ4v) is 4.31. The SMILES string of the molecule is C#CC(=O)CCC(=O)C1=CC1CC1CCCC1.CCC1CCCCC1. The minimum atomic E-state index is -0.271. The lowest BCUT2D eigenvalue weighted by Crippen LogP contribution is -2.04. The van der Waals surface area contributed by atoms with Gasteiger partial charge in [-0.05, 0) is 29.8 Å². The summed E-state index contributed by atoms with van der Waals surface area (Å²) < 4.78 is 0. The molecule has 0 bridgehead atoms. The summed E-state index contributed by atoms with van der Waals surface area (Å²) in [5.74, 6) is 4.20. The van der Waals surface area contributed by atoms with Crippen LogP contribution in [0.1, 0.15) is 90.4 Å². The van der Waals surface area contributed by atoms with E-state index in [9.17, 15) is 9.59 Å². The highest BCUT2D eigenvalue weighted by Gasteiger charge is 2.33. The van der Waals surface area contributed by atoms with Crippen LogP contribution in [-0.4, -0.2) is 11.6 Å². The van der Waals surface area contributed by atoms with Crippen LogP contribution in [0.4, 0.5) is 0 Å². The maximum absolute atomic E-state index is 11.7. The van der Waals surface area contributed by atoms with Crippen LogP contribution in [-0.2, 0) is 9.59 Å². The van der Waals surface area contributed by atoms with Crippen molar-refractivity contribution in [2.75, 3.05) is 0 Å². The Labute approximate surface area is 153 Å². The van der Waals surface area contributed by atoms with E-state index >= 15 is 0 Å². The Balaban J connectivity index is 0.000000236. The van der Waals surface area contributed by atoms with Crippen molar-refractivity contribution in [2.24, 2.45) is 17.8 Å². The molecule has 0 radical (unpaired) electrons. The Bertz CT molecular complexity index is 511. The predicted octanol–water partition coefficient (Wildman–Crippen LogP) is 5.65. The number of ketones is 2. The molecule has 2 fully saturated rings. The Kier molecular flexibility index (Phi) is 8.45. The average molecular weight is 343 g/mol. The Morgan fingerprint density at radius 2 is 1.60 bits per heavy atom. The number of Topliss-reactive ketones (excluding diaryl/α,β-unsaturated/α-hetero) is 2. The number of hydrogen-bond acceptors (Lipinski definition) is 2. The van der Waals surface area contributed by atoms with Gasteiger partial charge in [0.15, 0.2) is 5.78 Å². The molecule has 0 spiro atoms. The van der Waals surface area contributed by atoms with Crippen LogP contribution in [0.2, 0.25) is 0 Å². The maximum Gasteiger partial charge on any atom is 0.205 e. The Hall–Kier alpha value is -1.36. The summed E-state index contributed by atoms with van der Waals surface area (Å²) in [4.78, 5) is 22.6. The van der Waals surface area contributed by atoms with Crippen LogP contribution < -0.4 is 0 Å². The lowest BCUT2D eigenvalue weighted by atomic mass is 9.88. The minimum absolute atomic E-state index is 0.122. The van der Waals surface area contributed by atoms with Gasteiger partial charge in [-0.25, -0.2) is 0 Å². The molecule has 0 aromatic carbocycles. The van der Waals surface area contributed by atoms with E-state index < -0.39 is 0 Å². The van der Waals surface area contributed by atoms with Gasteiger partial charge in [-0.3, -0.25) is 9.59 Å². The highest BCUT2D eigenvalue weighted by Crippen LogP contribution is 2.40. The van der Waals surface area contributed by atoms with Crippen molar-refractivity contribution in [1.82, 2.24) is 0 Å². The summed E-state index contributed by atoms with van der Waals surface area (Å²) >= 11 is 0. The van der Waals surface area contributed by atoms with Crippen LogP contribution >= 0.6 is 0 Å². The molecule has 138 valence electrons. The number of carbonyl (C=O) groups is 2. The van der Waals surface area contributed by atoms with Crippen molar-refractivity contribution in [3.8, 4) is 12.3 Å². The largest absolute Gasteiger partial charge is 0.295 e. The highest BCUT2D eigenvalue weighted by molar-refractivity contribution is 6.03. The van der Waals surface area contributed by atoms with Gasteiger partial charge in [-0.2, -0.15) is 0 Å². The number of rotatable bonds is 7. The standard InChI is InChI=1S/C15H18O2.C8H16/c1-2-13(16)7-8-15(17)14-10-12(14)9-11-5-3-4-6-11;1-2-8-6-4-3-5-7-8/h1,10-12H,3-9H2;8H,2-7H2,1H3. The van der Waals surface area contributed by atoms with Crippen molar-refractivity contribution >= 4 is 11.6 Å². The first kappa shape index (κ1) is 20.0. The van der Waals surface area contributed by atoms with Crippen LogP contribution in [0.15, 0.2) is 11.6 Å². The van der Waals surface area contributed by atoms with E-state index in [1.807, 2.05) is 5.92 Å². The molecule has 0 aliphatic heterocycles. The zero-order chi connectivity index (χ0) is 18.1. The maximum atomic E-state index is 11.7. The second kappa shape index (κ2) is 10.6. The van der Waals surface area contributed by atoms with Crippen molar-refractivity contribution in [1.29, 1.82) is 0 Å². The van der Waals surface area contributed by atoms with Gasteiger partial charge >= 0.3 is 0 Å². The van der Waals surface area contributed by atoms with Crippen LogP contribution in [0, 0.1) is 30.1 Å². The smallest absolute Gasteiger partial charge is 0.205 e. The minimum Gasteiger partial charge on any atom is -0.295 e. The van der Waals surface area contributed by atoms with E-state index in [0.717, 1.165) is 23.8 Å². The third-order valence-corrected chi connectivity index (χ3v) is 6.10. The zero-order valence-electron chi connectivity index (χ0n) is 15.9. The van der Waals surface area contributed by atoms with E-state index in [-0.39, 0.29) is 24.4 Å². The molecular formula is C23H34O2. The van der Waals surface area contributed by atoms with E-state index in [2.05, 4.69) is 13.0 Å². The summed E-state index contributed by atoms with van der Waals surface area (Å²) in [6, 6.07) is 0. The number of carbonyl (C=O) groups excluding carboxylic acids is 2. The second-order valence-electron chi connectivity index (χ2n) is 8.02. The molecule has 3 rings (SSSR count). The van der Waals surface area contributed by atoms with Crippen molar-refractivity contribution in [2.45, 2.75) is 90.4 Å². The first-order chi connectivity index (χ1) is 12.1. The molecule has 25 heavy (non-hydrogen) atoms. The van der Waals surface area contributed by atoms with Crippen LogP contribution in [0.3, 0.4) is 0 Å². The summed E-state index contributed by atoms with van der Waals surface area (Å²) in [6.45, 7) is 2.32. The van der Waals surface area contributed by atoms with Gasteiger partial charge in [0.25, 0.3) is 0 Å². The summed E-state index contributed by atoms with van der Waals surface area (Å²) in [5, 5.41) is 0. The van der Waals surface area contributed by atoms with Crippen molar-refractivity contribution < 1.29 is 9.59 Å². The fraction of sp³-hybridized carbons (Fsp3) is 0.739. The predicted molar refractivity (Wildman–Crippen MR) is 103 cm³/mol. The molecule has 3 aliphatic carbocycles. The van der Waals surface area contributed by atoms with Gasteiger partial charge < -0.3 is 0 Å². The molecule has 1 unspecified atom stereocenters. The Morgan fingerprint density at radius 1 is 1.00 bits per heavy atom. The summed E-state index contributed by atoms with van der Waals surface area (Å²) in [5.41, 5.74) is 0.946. The normalized spacial score (nSPS) is 23.2. The number of hydrogen-bond donors (Lipinski definition) is 0. The average Bonchev–Trinajstić information content (AvgIpc) is 3.23. The third-order valence-electron chi connectivity index (χ3n) is 6.10. The third kappa shape index (κ3) is 7.18. The topological polar surface area (TPSA) is 34.1 Å². The van der Waals surface area contributed by atoms with E-state index in [0.29, 0.717) is 5.92 Å². The molecule has 2 heteroatoms. The zero-order valence-corrected chi connectivity index (χ0v) is 15.9. The van der Waals surface area contributed by atoms with Gasteiger partial charge in [0.1, 0.15) is 0 Å². The van der Waals surface area contributed by atoms with Crippen LogP contribution in [0.5, 0.6) is 0 Å². The molecule has 1 atom stereocenters. The molecule has 0 aromatic rings. The highest BCUT2D eigenvalue weighted by atomic mass is 16.1. The summed E-state index contributed by atoms with van der Waals surface area (Å²) in [7, 11) is 0. The molecule has 0 aromatic heterocycles. The van der Waals surface area contributed by atoms with Crippen molar-refractivity contribution in [3.63, 3.8) is 0 Å². The molecule has 0 heterocycles. The number of terminal acetylenes is 1. The van der Waals surface area contributed by atoms with E-state index in [1.165, 1.54) is 64.2 Å². The number of allylic oxidation sites excluding steroid dienone is 2. The van der Waals surface area contributed by atoms with Crippen LogP contribution in [0.25, 0.3) is 0 Å². The van der Waals surface area contributed by atoms with Crippen molar-refractivity contribution in [3.05, 3.63) is 11.6 Å². The quantitative estimate of drug-likeness (QED) is 0.442. The van der Waals surface area contributed by atoms with Gasteiger partial charge in [0.05, 0.1) is 0 Å². The van der Waals surface area contributed by atoms with Gasteiger partial charge in [0, 0.05) is 18.8 Å². The van der Waals surface area contributed by atoms with Gasteiger partial charge in [0.2, 0.25) is 5.78 Å². The lowest BCUT2D eigenvalue weighted by molar-refractivity contribution is -0.119. The lowest BCUT2D eigenvalue weighted by Gasteiger charge is -2.18. The molecular weight excluding hydrogens is 308 g/mol. The molecule has 2 nitrogen and oxygen atoms in total. The Morgan fingerprint density at radius 3 is 2.16 bits per heavy atom. The fourth-order valence-electron chi connectivity index (χ4n) is 4.31. The van der Waals surface area contributed by atoms with E-state index in [1.54, 1.807) is 0 Å². The summed E-state index contributed by atoms with van der Waals surface area (Å²) in [6.07, 6.45) is 22.9. The molecule has 2 saturated carbocycles. The first-order valence-electron chi connectivity index (χ1n) is 10.4. The molecule has 0 amide bonds. The molecule has 0 saturated heterocycles. The molecule has 3 aliphatic rings. The van der Waals surface area contributed by atoms with Gasteiger partial charge in [-0.1, -0.05) is 77.2 Å². The van der Waals surface area contributed by atoms with Gasteiger partial charge in [-0.15, -0.1) is 6.42 Å². The molecule has 0 N–H and O–H groups in total. The first-order valence-corrected chi connectivity index (χ1v) is 10.4. The van der Waals surface area contributed by atoms with E-state index in [4.69, 9.17) is 6.42 Å².